The Labute approximate surface area is 155 Å². The maximum atomic E-state index is 12.8. The molecule has 0 bridgehead atoms. The highest BCUT2D eigenvalue weighted by Gasteiger charge is 2.24. The Morgan fingerprint density at radius 3 is 3.00 bits per heavy atom. The molecule has 3 aromatic rings. The van der Waals surface area contributed by atoms with Crippen LogP contribution in [0.2, 0.25) is 0 Å². The molecule has 1 aliphatic heterocycles. The molecule has 0 unspecified atom stereocenters. The topological polar surface area (TPSA) is 67.3 Å². The van der Waals surface area contributed by atoms with Crippen LogP contribution < -0.4 is 10.1 Å². The molecule has 3 heterocycles. The summed E-state index contributed by atoms with van der Waals surface area (Å²) in [5.74, 6) is 1.52. The first kappa shape index (κ1) is 16.5. The molecule has 0 saturated heterocycles. The Morgan fingerprint density at radius 1 is 1.27 bits per heavy atom. The van der Waals surface area contributed by atoms with Gasteiger partial charge in [0.1, 0.15) is 17.3 Å². The van der Waals surface area contributed by atoms with Crippen LogP contribution in [0, 0.1) is 0 Å². The third-order valence-corrected chi connectivity index (χ3v) is 5.09. The number of fused-ring (bicyclic) bond motifs is 1. The molecule has 0 atom stereocenters. The Kier molecular flexibility index (Phi) is 4.53. The number of ether oxygens (including phenoxy) is 1. The smallest absolute Gasteiger partial charge is 0.273 e. The van der Waals surface area contributed by atoms with Crippen LogP contribution in [0.5, 0.6) is 5.75 Å². The number of carbonyl (C=O) groups excluding carboxylic acids is 1. The fraction of sp³-hybridized carbons (Fsp3) is 0.211. The minimum absolute atomic E-state index is 0.0446. The van der Waals surface area contributed by atoms with E-state index in [4.69, 9.17) is 4.74 Å². The first-order valence-corrected chi connectivity index (χ1v) is 9.19. The molecular weight excluding hydrogens is 348 g/mol. The number of anilines is 2. The number of thiazole rings is 1. The van der Waals surface area contributed by atoms with Gasteiger partial charge >= 0.3 is 0 Å². The van der Waals surface area contributed by atoms with Crippen molar-refractivity contribution in [3.63, 3.8) is 0 Å². The number of nitrogens with zero attached hydrogens (tertiary/aromatic N) is 3. The summed E-state index contributed by atoms with van der Waals surface area (Å²) in [6.07, 6.45) is 2.53. The molecule has 132 valence electrons. The highest BCUT2D eigenvalue weighted by molar-refractivity contribution is 7.14. The van der Waals surface area contributed by atoms with Gasteiger partial charge < -0.3 is 15.0 Å². The normalized spacial score (nSPS) is 13.2. The van der Waals surface area contributed by atoms with Crippen molar-refractivity contribution in [2.75, 3.05) is 19.0 Å². The largest absolute Gasteiger partial charge is 0.497 e. The first-order chi connectivity index (χ1) is 12.7. The number of hydrogen-bond acceptors (Lipinski definition) is 6. The number of rotatable bonds is 4. The van der Waals surface area contributed by atoms with Crippen molar-refractivity contribution < 1.29 is 9.53 Å². The predicted octanol–water partition coefficient (Wildman–Crippen LogP) is 3.49. The van der Waals surface area contributed by atoms with Crippen LogP contribution in [-0.4, -0.2) is 34.4 Å². The molecule has 1 aromatic carbocycles. The second kappa shape index (κ2) is 7.13. The second-order valence-electron chi connectivity index (χ2n) is 5.99. The molecule has 4 rings (SSSR count). The van der Waals surface area contributed by atoms with Gasteiger partial charge in [0.2, 0.25) is 0 Å². The van der Waals surface area contributed by atoms with Gasteiger partial charge in [-0.2, -0.15) is 0 Å². The molecule has 0 spiro atoms. The van der Waals surface area contributed by atoms with Crippen LogP contribution in [-0.2, 0) is 13.0 Å². The highest BCUT2D eigenvalue weighted by atomic mass is 32.1. The Bertz CT molecular complexity index is 926. The molecular formula is C19H18N4O2S. The SMILES string of the molecule is COc1ccc2c(c1)CCN(C(=O)c1csc(Nc3ccccn3)n1)C2. The zero-order chi connectivity index (χ0) is 17.9. The molecule has 0 fully saturated rings. The molecule has 1 N–H and O–H groups in total. The van der Waals surface area contributed by atoms with Gasteiger partial charge in [0, 0.05) is 24.7 Å². The summed E-state index contributed by atoms with van der Waals surface area (Å²) < 4.78 is 5.27. The van der Waals surface area contributed by atoms with Crippen molar-refractivity contribution in [3.8, 4) is 5.75 Å². The van der Waals surface area contributed by atoms with E-state index in [0.717, 1.165) is 17.7 Å². The van der Waals surface area contributed by atoms with Crippen LogP contribution >= 0.6 is 11.3 Å². The minimum Gasteiger partial charge on any atom is -0.497 e. The van der Waals surface area contributed by atoms with E-state index >= 15 is 0 Å². The lowest BCUT2D eigenvalue weighted by Gasteiger charge is -2.28. The zero-order valence-corrected chi connectivity index (χ0v) is 15.1. The number of carbonyl (C=O) groups is 1. The lowest BCUT2D eigenvalue weighted by molar-refractivity contribution is 0.0729. The lowest BCUT2D eigenvalue weighted by atomic mass is 9.99. The zero-order valence-electron chi connectivity index (χ0n) is 14.3. The fourth-order valence-electron chi connectivity index (χ4n) is 2.97. The Morgan fingerprint density at radius 2 is 2.19 bits per heavy atom. The van der Waals surface area contributed by atoms with Crippen molar-refractivity contribution in [1.29, 1.82) is 0 Å². The number of aromatic nitrogens is 2. The summed E-state index contributed by atoms with van der Waals surface area (Å²) >= 11 is 1.40. The Hall–Kier alpha value is -2.93. The number of amides is 1. The molecule has 7 heteroatoms. The molecule has 0 aliphatic carbocycles. The summed E-state index contributed by atoms with van der Waals surface area (Å²) in [4.78, 5) is 23.3. The predicted molar refractivity (Wildman–Crippen MR) is 101 cm³/mol. The van der Waals surface area contributed by atoms with Gasteiger partial charge in [-0.05, 0) is 41.8 Å². The van der Waals surface area contributed by atoms with Crippen LogP contribution in [0.1, 0.15) is 21.6 Å². The van der Waals surface area contributed by atoms with Gasteiger partial charge in [-0.15, -0.1) is 11.3 Å². The average molecular weight is 366 g/mol. The van der Waals surface area contributed by atoms with Crippen LogP contribution in [0.25, 0.3) is 0 Å². The van der Waals surface area contributed by atoms with Gasteiger partial charge in [-0.25, -0.2) is 9.97 Å². The minimum atomic E-state index is -0.0446. The quantitative estimate of drug-likeness (QED) is 0.766. The molecule has 2 aromatic heterocycles. The van der Waals surface area contributed by atoms with E-state index in [9.17, 15) is 4.79 Å². The lowest BCUT2D eigenvalue weighted by Crippen LogP contribution is -2.36. The van der Waals surface area contributed by atoms with Crippen molar-refractivity contribution in [2.45, 2.75) is 13.0 Å². The summed E-state index contributed by atoms with van der Waals surface area (Å²) in [7, 11) is 1.67. The summed E-state index contributed by atoms with van der Waals surface area (Å²) in [6, 6.07) is 11.6. The number of pyridine rings is 1. The third kappa shape index (κ3) is 3.39. The van der Waals surface area contributed by atoms with Crippen molar-refractivity contribution >= 4 is 28.2 Å². The van der Waals surface area contributed by atoms with Gasteiger partial charge in [-0.1, -0.05) is 12.1 Å². The first-order valence-electron chi connectivity index (χ1n) is 8.31. The summed E-state index contributed by atoms with van der Waals surface area (Å²) in [5, 5.41) is 5.57. The third-order valence-electron chi connectivity index (χ3n) is 4.34. The Balaban J connectivity index is 1.46. The summed E-state index contributed by atoms with van der Waals surface area (Å²) in [5.41, 5.74) is 2.86. The van der Waals surface area contributed by atoms with Gasteiger partial charge in [0.25, 0.3) is 5.91 Å². The standard InChI is InChI=1S/C19H18N4O2S/c1-25-15-6-5-14-11-23(9-7-13(14)10-15)18(24)16-12-26-19(21-16)22-17-4-2-3-8-20-17/h2-6,8,10,12H,7,9,11H2,1H3,(H,20,21,22). The van der Waals surface area contributed by atoms with E-state index in [0.29, 0.717) is 29.7 Å². The molecule has 1 aliphatic rings. The molecule has 0 radical (unpaired) electrons. The molecule has 0 saturated carbocycles. The van der Waals surface area contributed by atoms with E-state index in [1.807, 2.05) is 35.2 Å². The monoisotopic (exact) mass is 366 g/mol. The number of methoxy groups -OCH3 is 1. The van der Waals surface area contributed by atoms with Crippen LogP contribution in [0.15, 0.2) is 48.0 Å². The van der Waals surface area contributed by atoms with Gasteiger partial charge in [0.05, 0.1) is 7.11 Å². The summed E-state index contributed by atoms with van der Waals surface area (Å²) in [6.45, 7) is 1.28. The average Bonchev–Trinajstić information content (AvgIpc) is 3.15. The fourth-order valence-corrected chi connectivity index (χ4v) is 3.66. The maximum absolute atomic E-state index is 12.8. The van der Waals surface area contributed by atoms with Crippen LogP contribution in [0.3, 0.4) is 0 Å². The van der Waals surface area contributed by atoms with Gasteiger partial charge in [-0.3, -0.25) is 4.79 Å². The number of hydrogen-bond donors (Lipinski definition) is 1. The van der Waals surface area contributed by atoms with Gasteiger partial charge in [0.15, 0.2) is 5.13 Å². The molecule has 26 heavy (non-hydrogen) atoms. The van der Waals surface area contributed by atoms with E-state index in [1.165, 1.54) is 16.9 Å². The maximum Gasteiger partial charge on any atom is 0.273 e. The van der Waals surface area contributed by atoms with Crippen molar-refractivity contribution in [2.24, 2.45) is 0 Å². The highest BCUT2D eigenvalue weighted by Crippen LogP contribution is 2.26. The van der Waals surface area contributed by atoms with Crippen LogP contribution in [0.4, 0.5) is 10.9 Å². The van der Waals surface area contributed by atoms with Crippen molar-refractivity contribution in [3.05, 3.63) is 64.8 Å². The van der Waals surface area contributed by atoms with E-state index in [2.05, 4.69) is 21.4 Å². The molecule has 1 amide bonds. The van der Waals surface area contributed by atoms with E-state index in [1.54, 1.807) is 18.7 Å². The number of benzene rings is 1. The number of nitrogens with one attached hydrogen (secondary N) is 1. The second-order valence-corrected chi connectivity index (χ2v) is 6.85. The van der Waals surface area contributed by atoms with Crippen molar-refractivity contribution in [1.82, 2.24) is 14.9 Å². The van der Waals surface area contributed by atoms with E-state index < -0.39 is 0 Å². The van der Waals surface area contributed by atoms with E-state index in [-0.39, 0.29) is 5.91 Å². The molecule has 6 nitrogen and oxygen atoms in total.